The van der Waals surface area contributed by atoms with E-state index in [1.165, 1.54) is 0 Å². The Kier molecular flexibility index (Phi) is 7.42. The lowest BCUT2D eigenvalue weighted by Crippen LogP contribution is -2.21. The highest BCUT2D eigenvalue weighted by molar-refractivity contribution is 5.77. The van der Waals surface area contributed by atoms with E-state index >= 15 is 0 Å². The number of rotatable bonds is 7. The summed E-state index contributed by atoms with van der Waals surface area (Å²) in [6, 6.07) is 0. The largest absolute Gasteiger partial charge is 0.391 e. The minimum Gasteiger partial charge on any atom is -0.391 e. The van der Waals surface area contributed by atoms with Gasteiger partial charge < -0.3 is 15.9 Å². The van der Waals surface area contributed by atoms with Crippen LogP contribution in [0.25, 0.3) is 0 Å². The minimum atomic E-state index is -0.626. The van der Waals surface area contributed by atoms with Crippen molar-refractivity contribution < 1.29 is 10.2 Å². The molecule has 0 amide bonds. The molecule has 0 heterocycles. The van der Waals surface area contributed by atoms with Crippen molar-refractivity contribution in [2.45, 2.75) is 51.7 Å². The van der Waals surface area contributed by atoms with E-state index in [-0.39, 0.29) is 0 Å². The first-order valence-electron chi connectivity index (χ1n) is 5.16. The van der Waals surface area contributed by atoms with E-state index in [1.54, 1.807) is 13.8 Å². The maximum Gasteiger partial charge on any atom is 0.0905 e. The number of hydrogen-bond donors (Lipinski definition) is 3. The molecule has 4 N–H and O–H groups in total. The predicted molar refractivity (Wildman–Crippen MR) is 58.3 cm³/mol. The number of unbranched alkanes of at least 4 members (excludes halogenated alkanes) is 2. The van der Waals surface area contributed by atoms with Crippen LogP contribution in [0.5, 0.6) is 0 Å². The summed E-state index contributed by atoms with van der Waals surface area (Å²) in [4.78, 5) is 4.06. The number of nitrogens with two attached hydrogens (primary N) is 1. The van der Waals surface area contributed by atoms with Crippen LogP contribution in [0.15, 0.2) is 4.99 Å². The molecular formula is C10H22N2O2. The minimum absolute atomic E-state index is 0.588. The predicted octanol–water partition coefficient (Wildman–Crippen LogP) is 0.666. The number of amidine groups is 1. The molecule has 0 aliphatic heterocycles. The summed E-state index contributed by atoms with van der Waals surface area (Å²) >= 11 is 0. The van der Waals surface area contributed by atoms with E-state index in [0.29, 0.717) is 12.3 Å². The van der Waals surface area contributed by atoms with Gasteiger partial charge in [0, 0.05) is 6.54 Å². The molecule has 84 valence electrons. The van der Waals surface area contributed by atoms with Crippen molar-refractivity contribution in [1.82, 2.24) is 0 Å². The van der Waals surface area contributed by atoms with Gasteiger partial charge in [-0.05, 0) is 26.7 Å². The number of aliphatic imine (C=N–C) groups is 1. The second-order valence-corrected chi connectivity index (χ2v) is 3.68. The van der Waals surface area contributed by atoms with Gasteiger partial charge in [0.1, 0.15) is 0 Å². The highest BCUT2D eigenvalue weighted by atomic mass is 16.3. The van der Waals surface area contributed by atoms with Crippen LogP contribution in [0.3, 0.4) is 0 Å². The summed E-state index contributed by atoms with van der Waals surface area (Å²) in [5.41, 5.74) is 5.37. The second kappa shape index (κ2) is 7.76. The molecule has 0 bridgehead atoms. The second-order valence-electron chi connectivity index (χ2n) is 3.68. The van der Waals surface area contributed by atoms with Crippen LogP contribution in [0.2, 0.25) is 0 Å². The Morgan fingerprint density at radius 1 is 1.29 bits per heavy atom. The first-order valence-corrected chi connectivity index (χ1v) is 5.16. The molecule has 4 heteroatoms. The molecular weight excluding hydrogens is 180 g/mol. The lowest BCUT2D eigenvalue weighted by Gasteiger charge is -2.12. The Morgan fingerprint density at radius 3 is 2.43 bits per heavy atom. The fraction of sp³-hybridized carbons (Fsp3) is 0.900. The lowest BCUT2D eigenvalue weighted by atomic mass is 10.1. The topological polar surface area (TPSA) is 78.8 Å². The van der Waals surface area contributed by atoms with E-state index in [9.17, 15) is 5.11 Å². The van der Waals surface area contributed by atoms with Crippen LogP contribution in [-0.2, 0) is 0 Å². The maximum absolute atomic E-state index is 9.27. The summed E-state index contributed by atoms with van der Waals surface area (Å²) in [6.45, 7) is 4.14. The van der Waals surface area contributed by atoms with E-state index in [0.717, 1.165) is 25.8 Å². The molecule has 0 aromatic rings. The standard InChI is InChI=1S/C10H22N2O2/c1-8(13)10(14)6-4-3-5-7-12-9(2)11/h8,10,13-14H,3-7H2,1-2H3,(H2,11,12). The van der Waals surface area contributed by atoms with Gasteiger partial charge in [-0.25, -0.2) is 0 Å². The average Bonchev–Trinajstić information content (AvgIpc) is 2.09. The van der Waals surface area contributed by atoms with Crippen molar-refractivity contribution in [3.8, 4) is 0 Å². The molecule has 0 fully saturated rings. The van der Waals surface area contributed by atoms with Crippen molar-refractivity contribution in [3.63, 3.8) is 0 Å². The molecule has 4 nitrogen and oxygen atoms in total. The fourth-order valence-electron chi connectivity index (χ4n) is 1.14. The molecule has 14 heavy (non-hydrogen) atoms. The van der Waals surface area contributed by atoms with Gasteiger partial charge in [-0.2, -0.15) is 0 Å². The molecule has 0 radical (unpaired) electrons. The number of hydrogen-bond acceptors (Lipinski definition) is 3. The van der Waals surface area contributed by atoms with Crippen molar-refractivity contribution in [3.05, 3.63) is 0 Å². The molecule has 0 aliphatic rings. The molecule has 0 saturated heterocycles. The quantitative estimate of drug-likeness (QED) is 0.322. The summed E-state index contributed by atoms with van der Waals surface area (Å²) in [5, 5.41) is 18.3. The summed E-state index contributed by atoms with van der Waals surface area (Å²) in [5.74, 6) is 0.619. The molecule has 0 aromatic heterocycles. The highest BCUT2D eigenvalue weighted by Gasteiger charge is 2.09. The molecule has 2 atom stereocenters. The van der Waals surface area contributed by atoms with Gasteiger partial charge in [-0.15, -0.1) is 0 Å². The molecule has 0 aromatic carbocycles. The highest BCUT2D eigenvalue weighted by Crippen LogP contribution is 2.06. The molecule has 2 unspecified atom stereocenters. The molecule has 0 rings (SSSR count). The van der Waals surface area contributed by atoms with Crippen LogP contribution < -0.4 is 5.73 Å². The summed E-state index contributed by atoms with van der Waals surface area (Å²) in [7, 11) is 0. The zero-order chi connectivity index (χ0) is 11.0. The van der Waals surface area contributed by atoms with Crippen LogP contribution >= 0.6 is 0 Å². The third-order valence-electron chi connectivity index (χ3n) is 2.08. The van der Waals surface area contributed by atoms with Gasteiger partial charge in [0.15, 0.2) is 0 Å². The first-order chi connectivity index (χ1) is 6.54. The van der Waals surface area contributed by atoms with Gasteiger partial charge in [0.2, 0.25) is 0 Å². The SMILES string of the molecule is CC(N)=NCCCCCC(O)C(C)O. The Hall–Kier alpha value is -0.610. The van der Waals surface area contributed by atoms with Crippen molar-refractivity contribution in [2.75, 3.05) is 6.54 Å². The third kappa shape index (κ3) is 8.01. The van der Waals surface area contributed by atoms with E-state index in [1.807, 2.05) is 0 Å². The van der Waals surface area contributed by atoms with Crippen LogP contribution in [-0.4, -0.2) is 34.8 Å². The van der Waals surface area contributed by atoms with Gasteiger partial charge in [-0.3, -0.25) is 4.99 Å². The van der Waals surface area contributed by atoms with E-state index in [4.69, 9.17) is 10.8 Å². The number of aliphatic hydroxyl groups is 2. The van der Waals surface area contributed by atoms with Crippen LogP contribution in [0.1, 0.15) is 39.5 Å². The molecule has 0 spiro atoms. The summed E-state index contributed by atoms with van der Waals surface area (Å²) in [6.07, 6.45) is 2.37. The van der Waals surface area contributed by atoms with Gasteiger partial charge in [0.05, 0.1) is 18.0 Å². The Labute approximate surface area is 85.8 Å². The normalized spacial score (nSPS) is 16.7. The van der Waals surface area contributed by atoms with Crippen LogP contribution in [0.4, 0.5) is 0 Å². The van der Waals surface area contributed by atoms with Crippen molar-refractivity contribution >= 4 is 5.84 Å². The lowest BCUT2D eigenvalue weighted by molar-refractivity contribution is 0.0247. The van der Waals surface area contributed by atoms with Gasteiger partial charge >= 0.3 is 0 Å². The monoisotopic (exact) mass is 202 g/mol. The number of aliphatic hydroxyl groups excluding tert-OH is 2. The Bertz CT molecular complexity index is 166. The zero-order valence-corrected chi connectivity index (χ0v) is 9.11. The fourth-order valence-corrected chi connectivity index (χ4v) is 1.14. The molecule has 0 aliphatic carbocycles. The van der Waals surface area contributed by atoms with Gasteiger partial charge in [-0.1, -0.05) is 12.8 Å². The van der Waals surface area contributed by atoms with E-state index < -0.39 is 12.2 Å². The summed E-state index contributed by atoms with van der Waals surface area (Å²) < 4.78 is 0. The van der Waals surface area contributed by atoms with Crippen molar-refractivity contribution in [1.29, 1.82) is 0 Å². The van der Waals surface area contributed by atoms with E-state index in [2.05, 4.69) is 4.99 Å². The van der Waals surface area contributed by atoms with Crippen molar-refractivity contribution in [2.24, 2.45) is 10.7 Å². The molecule has 0 saturated carbocycles. The third-order valence-corrected chi connectivity index (χ3v) is 2.08. The average molecular weight is 202 g/mol. The number of nitrogens with zero attached hydrogens (tertiary/aromatic N) is 1. The smallest absolute Gasteiger partial charge is 0.0905 e. The Balaban J connectivity index is 3.26. The van der Waals surface area contributed by atoms with Gasteiger partial charge in [0.25, 0.3) is 0 Å². The zero-order valence-electron chi connectivity index (χ0n) is 9.11. The van der Waals surface area contributed by atoms with Crippen LogP contribution in [0, 0.1) is 0 Å². The maximum atomic E-state index is 9.27. The first kappa shape index (κ1) is 13.4. The Morgan fingerprint density at radius 2 is 1.93 bits per heavy atom.